The van der Waals surface area contributed by atoms with Crippen LogP contribution in [-0.2, 0) is 0 Å². The van der Waals surface area contributed by atoms with Crippen LogP contribution >= 0.6 is 11.6 Å². The summed E-state index contributed by atoms with van der Waals surface area (Å²) >= 11 is 5.87. The number of piperidine rings is 1. The second kappa shape index (κ2) is 5.28. The van der Waals surface area contributed by atoms with Gasteiger partial charge in [-0.25, -0.2) is 4.98 Å². The molecule has 0 unspecified atom stereocenters. The molecule has 0 saturated carbocycles. The Bertz CT molecular complexity index is 620. The van der Waals surface area contributed by atoms with Gasteiger partial charge in [-0.3, -0.25) is 9.89 Å². The molecule has 2 aromatic rings. The van der Waals surface area contributed by atoms with Gasteiger partial charge in [-0.05, 0) is 32.3 Å². The topological polar surface area (TPSA) is 77.7 Å². The summed E-state index contributed by atoms with van der Waals surface area (Å²) < 4.78 is 0. The predicted molar refractivity (Wildman–Crippen MR) is 74.6 cm³/mol. The number of likely N-dealkylation sites (tertiary alicyclic amines) is 1. The van der Waals surface area contributed by atoms with Crippen molar-refractivity contribution in [1.82, 2.24) is 25.1 Å². The number of carbonyl (C=O) groups is 1. The van der Waals surface area contributed by atoms with Gasteiger partial charge in [0, 0.05) is 12.7 Å². The summed E-state index contributed by atoms with van der Waals surface area (Å²) in [6, 6.07) is 1.59. The lowest BCUT2D eigenvalue weighted by Gasteiger charge is -2.33. The number of aromatic amines is 2. The lowest BCUT2D eigenvalue weighted by atomic mass is 10.0. The number of hydrogen-bond donors (Lipinski definition) is 2. The Hall–Kier alpha value is -1.82. The predicted octanol–water partition coefficient (Wildman–Crippen LogP) is 2.46. The number of aryl methyl sites for hydroxylation is 1. The van der Waals surface area contributed by atoms with Gasteiger partial charge < -0.3 is 9.88 Å². The molecule has 1 amide bonds. The molecule has 0 aromatic carbocycles. The first-order valence-corrected chi connectivity index (χ1v) is 7.07. The average Bonchev–Trinajstić information content (AvgIpc) is 3.07. The van der Waals surface area contributed by atoms with Crippen molar-refractivity contribution in [2.24, 2.45) is 0 Å². The molecule has 7 heteroatoms. The van der Waals surface area contributed by atoms with Crippen LogP contribution in [0.5, 0.6) is 0 Å². The summed E-state index contributed by atoms with van der Waals surface area (Å²) in [5.41, 5.74) is 0.508. The Morgan fingerprint density at radius 3 is 3.00 bits per heavy atom. The number of nitrogens with zero attached hydrogens (tertiary/aromatic N) is 3. The number of carbonyl (C=O) groups excluding carboxylic acids is 1. The molecule has 1 aliphatic rings. The first kappa shape index (κ1) is 13.2. The zero-order valence-corrected chi connectivity index (χ0v) is 11.9. The molecule has 1 saturated heterocycles. The molecular formula is C13H16ClN5O. The molecule has 6 nitrogen and oxygen atoms in total. The van der Waals surface area contributed by atoms with Crippen LogP contribution in [0.15, 0.2) is 12.3 Å². The van der Waals surface area contributed by atoms with E-state index in [9.17, 15) is 4.79 Å². The Labute approximate surface area is 121 Å². The Balaban J connectivity index is 1.87. The molecular weight excluding hydrogens is 278 g/mol. The monoisotopic (exact) mass is 293 g/mol. The van der Waals surface area contributed by atoms with Crippen LogP contribution < -0.4 is 0 Å². The summed E-state index contributed by atoms with van der Waals surface area (Å²) in [6.07, 6.45) is 4.58. The highest BCUT2D eigenvalue weighted by molar-refractivity contribution is 6.30. The van der Waals surface area contributed by atoms with E-state index in [-0.39, 0.29) is 11.9 Å². The standard InChI is InChI=1S/C13H16ClN5O/c1-8-16-12(18-17-8)11-4-2-3-5-19(11)13(20)10-6-9(14)7-15-10/h6-7,11,15H,2-5H2,1H3,(H,16,17,18)/t11-/m0/s1. The van der Waals surface area contributed by atoms with E-state index in [1.54, 1.807) is 12.3 Å². The van der Waals surface area contributed by atoms with E-state index in [0.717, 1.165) is 25.1 Å². The van der Waals surface area contributed by atoms with E-state index >= 15 is 0 Å². The highest BCUT2D eigenvalue weighted by atomic mass is 35.5. The van der Waals surface area contributed by atoms with Gasteiger partial charge in [-0.2, -0.15) is 5.10 Å². The van der Waals surface area contributed by atoms with E-state index in [1.807, 2.05) is 11.8 Å². The summed E-state index contributed by atoms with van der Waals surface area (Å²) in [4.78, 5) is 21.7. The van der Waals surface area contributed by atoms with Crippen LogP contribution in [0.25, 0.3) is 0 Å². The number of amides is 1. The van der Waals surface area contributed by atoms with Crippen LogP contribution in [-0.4, -0.2) is 37.5 Å². The minimum atomic E-state index is -0.0664. The molecule has 1 fully saturated rings. The lowest BCUT2D eigenvalue weighted by molar-refractivity contribution is 0.0595. The van der Waals surface area contributed by atoms with E-state index in [2.05, 4.69) is 20.2 Å². The fraction of sp³-hybridized carbons (Fsp3) is 0.462. The van der Waals surface area contributed by atoms with Gasteiger partial charge >= 0.3 is 0 Å². The number of nitrogens with one attached hydrogen (secondary N) is 2. The van der Waals surface area contributed by atoms with Crippen molar-refractivity contribution >= 4 is 17.5 Å². The van der Waals surface area contributed by atoms with E-state index in [0.29, 0.717) is 23.1 Å². The normalized spacial score (nSPS) is 19.3. The average molecular weight is 294 g/mol. The second-order valence-electron chi connectivity index (χ2n) is 5.02. The molecule has 0 aliphatic carbocycles. The van der Waals surface area contributed by atoms with Gasteiger partial charge in [0.25, 0.3) is 5.91 Å². The van der Waals surface area contributed by atoms with Crippen LogP contribution in [0, 0.1) is 6.92 Å². The first-order chi connectivity index (χ1) is 9.65. The maximum absolute atomic E-state index is 12.6. The summed E-state index contributed by atoms with van der Waals surface area (Å²) in [5, 5.41) is 7.58. The zero-order valence-electron chi connectivity index (χ0n) is 11.2. The fourth-order valence-corrected chi connectivity index (χ4v) is 2.76. The van der Waals surface area contributed by atoms with Crippen LogP contribution in [0.2, 0.25) is 5.02 Å². The minimum Gasteiger partial charge on any atom is -0.356 e. The minimum absolute atomic E-state index is 0.0518. The SMILES string of the molecule is Cc1nc([C@@H]2CCCCN2C(=O)c2cc(Cl)c[nH]2)n[nH]1. The molecule has 3 rings (SSSR count). The van der Waals surface area contributed by atoms with Gasteiger partial charge in [0.05, 0.1) is 11.1 Å². The van der Waals surface area contributed by atoms with E-state index < -0.39 is 0 Å². The quantitative estimate of drug-likeness (QED) is 0.893. The van der Waals surface area contributed by atoms with Crippen molar-refractivity contribution < 1.29 is 4.79 Å². The van der Waals surface area contributed by atoms with Gasteiger partial charge in [0.1, 0.15) is 11.5 Å². The summed E-state index contributed by atoms with van der Waals surface area (Å²) in [6.45, 7) is 2.57. The first-order valence-electron chi connectivity index (χ1n) is 6.69. The number of H-pyrrole nitrogens is 2. The van der Waals surface area contributed by atoms with Crippen LogP contribution in [0.4, 0.5) is 0 Å². The van der Waals surface area contributed by atoms with Crippen molar-refractivity contribution in [1.29, 1.82) is 0 Å². The largest absolute Gasteiger partial charge is 0.356 e. The van der Waals surface area contributed by atoms with Crippen molar-refractivity contribution in [2.45, 2.75) is 32.2 Å². The lowest BCUT2D eigenvalue weighted by Crippen LogP contribution is -2.39. The fourth-order valence-electron chi connectivity index (χ4n) is 2.60. The highest BCUT2D eigenvalue weighted by Gasteiger charge is 2.31. The van der Waals surface area contributed by atoms with Crippen molar-refractivity contribution in [3.8, 4) is 0 Å². The van der Waals surface area contributed by atoms with Gasteiger partial charge in [0.15, 0.2) is 5.82 Å². The Morgan fingerprint density at radius 1 is 1.50 bits per heavy atom. The smallest absolute Gasteiger partial charge is 0.270 e. The van der Waals surface area contributed by atoms with Gasteiger partial charge in [-0.1, -0.05) is 11.6 Å². The van der Waals surface area contributed by atoms with Gasteiger partial charge in [0.2, 0.25) is 0 Å². The van der Waals surface area contributed by atoms with Gasteiger partial charge in [-0.15, -0.1) is 0 Å². The third-order valence-electron chi connectivity index (χ3n) is 3.55. The number of hydrogen-bond acceptors (Lipinski definition) is 3. The molecule has 0 bridgehead atoms. The zero-order chi connectivity index (χ0) is 14.1. The molecule has 3 heterocycles. The summed E-state index contributed by atoms with van der Waals surface area (Å²) in [7, 11) is 0. The molecule has 0 radical (unpaired) electrons. The molecule has 2 aromatic heterocycles. The van der Waals surface area contributed by atoms with Crippen LogP contribution in [0.1, 0.15) is 47.4 Å². The maximum atomic E-state index is 12.6. The number of aromatic nitrogens is 4. The second-order valence-corrected chi connectivity index (χ2v) is 5.46. The summed E-state index contributed by atoms with van der Waals surface area (Å²) in [5.74, 6) is 1.40. The Kier molecular flexibility index (Phi) is 3.48. The molecule has 106 valence electrons. The number of rotatable bonds is 2. The van der Waals surface area contributed by atoms with Crippen molar-refractivity contribution in [3.63, 3.8) is 0 Å². The highest BCUT2D eigenvalue weighted by Crippen LogP contribution is 2.30. The molecule has 1 aliphatic heterocycles. The van der Waals surface area contributed by atoms with Crippen molar-refractivity contribution in [3.05, 3.63) is 34.6 Å². The van der Waals surface area contributed by atoms with Crippen molar-refractivity contribution in [2.75, 3.05) is 6.54 Å². The maximum Gasteiger partial charge on any atom is 0.270 e. The Morgan fingerprint density at radius 2 is 2.35 bits per heavy atom. The number of halogens is 1. The van der Waals surface area contributed by atoms with E-state index in [1.165, 1.54) is 0 Å². The van der Waals surface area contributed by atoms with E-state index in [4.69, 9.17) is 11.6 Å². The molecule has 0 spiro atoms. The molecule has 20 heavy (non-hydrogen) atoms. The van der Waals surface area contributed by atoms with Crippen LogP contribution in [0.3, 0.4) is 0 Å². The molecule has 1 atom stereocenters. The third-order valence-corrected chi connectivity index (χ3v) is 3.77. The third kappa shape index (κ3) is 2.43. The molecule has 2 N–H and O–H groups in total.